The Bertz CT molecular complexity index is 1400. The number of piperazine rings is 1. The van der Waals surface area contributed by atoms with Crippen molar-refractivity contribution < 1.29 is 22.8 Å². The van der Waals surface area contributed by atoms with E-state index >= 15 is 0 Å². The van der Waals surface area contributed by atoms with E-state index in [9.17, 15) is 22.8 Å². The minimum Gasteiger partial charge on any atom is -0.368 e. The standard InChI is InChI=1S/C31H41N5O5S/c1-22(2)29(30(32)38)34-42(40,41)28-21-24(33-31(39)27(37)16-13-23-9-5-3-6-10-23)14-15-26(28)36-19-17-35(18-20-36)25-11-7-4-8-12-25/h3,5-6,9-10,13-16,21-22,25,29,34H,4,7-8,11-12,17-20H2,1-2H3,(H2,32,38)(H,33,39). The SMILES string of the molecule is CC(C)C(NS(=O)(=O)c1cc(NC(=O)C(=O)C=Cc2ccccc2)ccc1N1CCN(C2CCCCC2)CC1)C(N)=O. The number of carbonyl (C=O) groups excluding carboxylic acids is 3. The van der Waals surface area contributed by atoms with Crippen molar-refractivity contribution in [2.24, 2.45) is 11.7 Å². The fraction of sp³-hybridized carbons (Fsp3) is 0.452. The van der Waals surface area contributed by atoms with Crippen LogP contribution >= 0.6 is 0 Å². The third kappa shape index (κ3) is 8.05. The number of anilines is 2. The maximum absolute atomic E-state index is 13.7. The first-order chi connectivity index (χ1) is 20.0. The van der Waals surface area contributed by atoms with Crippen molar-refractivity contribution in [2.75, 3.05) is 36.4 Å². The number of benzene rings is 2. The number of nitrogens with zero attached hydrogens (tertiary/aromatic N) is 2. The zero-order chi connectivity index (χ0) is 30.3. The quantitative estimate of drug-likeness (QED) is 0.268. The lowest BCUT2D eigenvalue weighted by Gasteiger charge is -2.42. The van der Waals surface area contributed by atoms with E-state index in [1.165, 1.54) is 50.3 Å². The highest BCUT2D eigenvalue weighted by Gasteiger charge is 2.32. The van der Waals surface area contributed by atoms with Crippen molar-refractivity contribution >= 4 is 45.1 Å². The zero-order valence-corrected chi connectivity index (χ0v) is 25.1. The summed E-state index contributed by atoms with van der Waals surface area (Å²) >= 11 is 0. The van der Waals surface area contributed by atoms with Gasteiger partial charge >= 0.3 is 0 Å². The molecule has 1 unspecified atom stereocenters. The van der Waals surface area contributed by atoms with Gasteiger partial charge in [0.05, 0.1) is 5.69 Å². The van der Waals surface area contributed by atoms with Gasteiger partial charge in [0, 0.05) is 37.9 Å². The lowest BCUT2D eigenvalue weighted by Crippen LogP contribution is -2.51. The van der Waals surface area contributed by atoms with Crippen LogP contribution in [-0.2, 0) is 24.4 Å². The van der Waals surface area contributed by atoms with E-state index in [2.05, 4.69) is 14.9 Å². The van der Waals surface area contributed by atoms with Crippen LogP contribution in [0, 0.1) is 5.92 Å². The summed E-state index contributed by atoms with van der Waals surface area (Å²) in [4.78, 5) is 41.6. The molecule has 1 saturated heterocycles. The van der Waals surface area contributed by atoms with Crippen molar-refractivity contribution in [3.63, 3.8) is 0 Å². The lowest BCUT2D eigenvalue weighted by atomic mass is 9.94. The number of rotatable bonds is 11. The predicted octanol–water partition coefficient (Wildman–Crippen LogP) is 3.15. The lowest BCUT2D eigenvalue weighted by molar-refractivity contribution is -0.131. The molecule has 4 N–H and O–H groups in total. The van der Waals surface area contributed by atoms with E-state index < -0.39 is 33.7 Å². The van der Waals surface area contributed by atoms with Crippen molar-refractivity contribution in [3.05, 3.63) is 60.2 Å². The molecule has 42 heavy (non-hydrogen) atoms. The van der Waals surface area contributed by atoms with E-state index in [1.807, 2.05) is 23.1 Å². The number of nitrogens with two attached hydrogens (primary N) is 1. The van der Waals surface area contributed by atoms with Crippen molar-refractivity contribution in [3.8, 4) is 0 Å². The summed E-state index contributed by atoms with van der Waals surface area (Å²) < 4.78 is 29.9. The Morgan fingerprint density at radius 3 is 2.24 bits per heavy atom. The maximum atomic E-state index is 13.7. The third-order valence-electron chi connectivity index (χ3n) is 7.96. The van der Waals surface area contributed by atoms with Crippen LogP contribution in [-0.4, -0.2) is 69.2 Å². The van der Waals surface area contributed by atoms with Gasteiger partial charge in [0.2, 0.25) is 21.7 Å². The molecular weight excluding hydrogens is 554 g/mol. The van der Waals surface area contributed by atoms with Gasteiger partial charge in [-0.2, -0.15) is 4.72 Å². The highest BCUT2D eigenvalue weighted by Crippen LogP contribution is 2.31. The van der Waals surface area contributed by atoms with Crippen LogP contribution in [0.15, 0.2) is 59.5 Å². The minimum atomic E-state index is -4.24. The molecule has 1 atom stereocenters. The molecule has 1 aliphatic carbocycles. The molecule has 10 nitrogen and oxygen atoms in total. The Morgan fingerprint density at radius 2 is 1.62 bits per heavy atom. The van der Waals surface area contributed by atoms with E-state index in [0.29, 0.717) is 24.8 Å². The number of amides is 2. The van der Waals surface area contributed by atoms with Crippen molar-refractivity contribution in [2.45, 2.75) is 62.9 Å². The molecule has 4 rings (SSSR count). The molecule has 11 heteroatoms. The highest BCUT2D eigenvalue weighted by atomic mass is 32.2. The Hall–Kier alpha value is -3.54. The molecule has 0 spiro atoms. The summed E-state index contributed by atoms with van der Waals surface area (Å²) in [6.45, 7) is 6.30. The molecule has 0 aromatic heterocycles. The van der Waals surface area contributed by atoms with Gasteiger partial charge in [-0.05, 0) is 48.6 Å². The van der Waals surface area contributed by atoms with Crippen LogP contribution in [0.25, 0.3) is 6.08 Å². The number of nitrogens with one attached hydrogen (secondary N) is 2. The maximum Gasteiger partial charge on any atom is 0.296 e. The molecule has 2 aromatic rings. The Balaban J connectivity index is 1.57. The van der Waals surface area contributed by atoms with E-state index in [-0.39, 0.29) is 16.5 Å². The molecule has 1 aliphatic heterocycles. The Morgan fingerprint density at radius 1 is 0.952 bits per heavy atom. The van der Waals surface area contributed by atoms with Crippen molar-refractivity contribution in [1.29, 1.82) is 0 Å². The van der Waals surface area contributed by atoms with Gasteiger partial charge in [-0.3, -0.25) is 19.3 Å². The average Bonchev–Trinajstić information content (AvgIpc) is 2.99. The van der Waals surface area contributed by atoms with Gasteiger partial charge in [0.15, 0.2) is 0 Å². The van der Waals surface area contributed by atoms with Gasteiger partial charge in [-0.25, -0.2) is 8.42 Å². The smallest absolute Gasteiger partial charge is 0.296 e. The second kappa shape index (κ2) is 14.1. The molecular formula is C31H41N5O5S. The normalized spacial score (nSPS) is 17.8. The van der Waals surface area contributed by atoms with Crippen LogP contribution < -0.4 is 20.7 Å². The molecule has 0 radical (unpaired) electrons. The second-order valence-corrected chi connectivity index (χ2v) is 13.0. The molecule has 2 aromatic carbocycles. The van der Waals surface area contributed by atoms with Gasteiger partial charge < -0.3 is 16.0 Å². The average molecular weight is 596 g/mol. The number of ketones is 1. The largest absolute Gasteiger partial charge is 0.368 e. The summed E-state index contributed by atoms with van der Waals surface area (Å²) in [7, 11) is -4.24. The van der Waals surface area contributed by atoms with Crippen LogP contribution in [0.1, 0.15) is 51.5 Å². The molecule has 226 valence electrons. The summed E-state index contributed by atoms with van der Waals surface area (Å²) in [6, 6.07) is 13.1. The first-order valence-corrected chi connectivity index (χ1v) is 16.1. The first kappa shape index (κ1) is 31.4. The molecule has 2 amide bonds. The highest BCUT2D eigenvalue weighted by molar-refractivity contribution is 7.89. The van der Waals surface area contributed by atoms with Gasteiger partial charge in [0.1, 0.15) is 10.9 Å². The Kier molecular flexibility index (Phi) is 10.5. The molecule has 1 heterocycles. The molecule has 2 aliphatic rings. The summed E-state index contributed by atoms with van der Waals surface area (Å²) in [6.07, 6.45) is 8.87. The molecule has 1 saturated carbocycles. The molecule has 2 fully saturated rings. The zero-order valence-electron chi connectivity index (χ0n) is 24.3. The fourth-order valence-electron chi connectivity index (χ4n) is 5.60. The Labute approximate surface area is 248 Å². The monoisotopic (exact) mass is 595 g/mol. The third-order valence-corrected chi connectivity index (χ3v) is 9.43. The van der Waals surface area contributed by atoms with Gasteiger partial charge in [-0.15, -0.1) is 0 Å². The van der Waals surface area contributed by atoms with Crippen LogP contribution in [0.2, 0.25) is 0 Å². The second-order valence-electron chi connectivity index (χ2n) is 11.3. The molecule has 0 bridgehead atoms. The van der Waals surface area contributed by atoms with Crippen LogP contribution in [0.4, 0.5) is 11.4 Å². The number of sulfonamides is 1. The summed E-state index contributed by atoms with van der Waals surface area (Å²) in [5.41, 5.74) is 6.88. The van der Waals surface area contributed by atoms with Gasteiger partial charge in [-0.1, -0.05) is 69.5 Å². The van der Waals surface area contributed by atoms with Crippen molar-refractivity contribution in [1.82, 2.24) is 9.62 Å². The first-order valence-electron chi connectivity index (χ1n) is 14.6. The number of hydrogen-bond acceptors (Lipinski definition) is 7. The summed E-state index contributed by atoms with van der Waals surface area (Å²) in [5, 5.41) is 2.52. The predicted molar refractivity (Wildman–Crippen MR) is 164 cm³/mol. The van der Waals surface area contributed by atoms with E-state index in [4.69, 9.17) is 5.73 Å². The number of primary amides is 1. The minimum absolute atomic E-state index is 0.0920. The topological polar surface area (TPSA) is 142 Å². The van der Waals surface area contributed by atoms with Crippen LogP contribution in [0.3, 0.4) is 0 Å². The van der Waals surface area contributed by atoms with Gasteiger partial charge in [0.25, 0.3) is 5.91 Å². The number of carbonyl (C=O) groups is 3. The van der Waals surface area contributed by atoms with E-state index in [1.54, 1.807) is 38.1 Å². The fourth-order valence-corrected chi connectivity index (χ4v) is 7.20. The van der Waals surface area contributed by atoms with E-state index in [0.717, 1.165) is 18.7 Å². The summed E-state index contributed by atoms with van der Waals surface area (Å²) in [5.74, 6) is -2.84. The van der Waals surface area contributed by atoms with Crippen LogP contribution in [0.5, 0.6) is 0 Å². The number of hydrogen-bond donors (Lipinski definition) is 3.